The molecule has 6 nitrogen and oxygen atoms in total. The molecule has 1 aliphatic rings. The molecule has 4 aromatic rings. The molecule has 0 bridgehead atoms. The highest BCUT2D eigenvalue weighted by Crippen LogP contribution is 2.34. The van der Waals surface area contributed by atoms with Crippen molar-refractivity contribution in [2.75, 3.05) is 6.54 Å². The molecule has 7 heteroatoms. The topological polar surface area (TPSA) is 66.8 Å². The first kappa shape index (κ1) is 18.3. The predicted octanol–water partition coefficient (Wildman–Crippen LogP) is 3.74. The monoisotopic (exact) mass is 401 g/mol. The largest absolute Gasteiger partial charge is 0.332 e. The molecule has 0 fully saturated rings. The maximum atomic E-state index is 13.3. The summed E-state index contributed by atoms with van der Waals surface area (Å²) in [6.07, 6.45) is 3.86. The molecule has 1 amide bonds. The lowest BCUT2D eigenvalue weighted by Crippen LogP contribution is -2.38. The van der Waals surface area contributed by atoms with Crippen molar-refractivity contribution >= 4 is 5.91 Å². The molecule has 0 radical (unpaired) electrons. The smallest absolute Gasteiger partial charge is 0.272 e. The van der Waals surface area contributed by atoms with Gasteiger partial charge in [0, 0.05) is 37.8 Å². The molecule has 1 unspecified atom stereocenters. The van der Waals surface area contributed by atoms with E-state index >= 15 is 0 Å². The van der Waals surface area contributed by atoms with Crippen molar-refractivity contribution in [1.29, 1.82) is 0 Å². The number of H-pyrrole nitrogens is 1. The van der Waals surface area contributed by atoms with Gasteiger partial charge in [-0.2, -0.15) is 10.2 Å². The fourth-order valence-corrected chi connectivity index (χ4v) is 4.04. The Kier molecular flexibility index (Phi) is 4.43. The first-order valence-corrected chi connectivity index (χ1v) is 9.75. The number of aryl methyl sites for hydroxylation is 1. The number of aromatic nitrogens is 4. The van der Waals surface area contributed by atoms with Gasteiger partial charge in [-0.3, -0.25) is 14.6 Å². The second-order valence-electron chi connectivity index (χ2n) is 7.56. The molecule has 5 rings (SSSR count). The second kappa shape index (κ2) is 7.26. The van der Waals surface area contributed by atoms with Crippen LogP contribution in [-0.2, 0) is 13.6 Å². The van der Waals surface area contributed by atoms with Gasteiger partial charge in [0.1, 0.15) is 11.5 Å². The first-order chi connectivity index (χ1) is 14.6. The predicted molar refractivity (Wildman–Crippen MR) is 110 cm³/mol. The number of hydrogen-bond donors (Lipinski definition) is 1. The summed E-state index contributed by atoms with van der Waals surface area (Å²) in [6.45, 7) is 1.10. The Morgan fingerprint density at radius 3 is 2.73 bits per heavy atom. The van der Waals surface area contributed by atoms with Gasteiger partial charge in [0.05, 0.1) is 11.9 Å². The van der Waals surface area contributed by atoms with Crippen molar-refractivity contribution in [3.63, 3.8) is 0 Å². The zero-order chi connectivity index (χ0) is 20.7. The standard InChI is InChI=1S/C23H20FN5O/c1-28-12-17(11-25-28)20-14-29(13-16-4-2-3-5-19(16)20)23(30)22-10-21(26-27-22)15-6-8-18(24)9-7-15/h2-12,20H,13-14H2,1H3,(H,26,27). The van der Waals surface area contributed by atoms with Crippen molar-refractivity contribution < 1.29 is 9.18 Å². The molecule has 2 aromatic heterocycles. The SMILES string of the molecule is Cn1cc(C2CN(C(=O)c3cc(-c4ccc(F)cc4)n[nH]3)Cc3ccccc32)cn1. The summed E-state index contributed by atoms with van der Waals surface area (Å²) in [6, 6.07) is 16.0. The van der Waals surface area contributed by atoms with Gasteiger partial charge in [0.2, 0.25) is 0 Å². The zero-order valence-corrected chi connectivity index (χ0v) is 16.4. The number of amides is 1. The van der Waals surface area contributed by atoms with Crippen LogP contribution in [0.4, 0.5) is 4.39 Å². The molecule has 0 spiro atoms. The van der Waals surface area contributed by atoms with Crippen LogP contribution in [0.3, 0.4) is 0 Å². The van der Waals surface area contributed by atoms with Gasteiger partial charge in [-0.1, -0.05) is 24.3 Å². The highest BCUT2D eigenvalue weighted by atomic mass is 19.1. The number of carbonyl (C=O) groups is 1. The van der Waals surface area contributed by atoms with Crippen molar-refractivity contribution in [2.24, 2.45) is 7.05 Å². The maximum absolute atomic E-state index is 13.3. The van der Waals surface area contributed by atoms with Crippen molar-refractivity contribution in [3.8, 4) is 11.3 Å². The number of nitrogens with zero attached hydrogens (tertiary/aromatic N) is 4. The molecule has 1 aliphatic heterocycles. The van der Waals surface area contributed by atoms with Crippen LogP contribution in [0.1, 0.15) is 33.1 Å². The molecule has 3 heterocycles. The Morgan fingerprint density at radius 1 is 1.17 bits per heavy atom. The molecular weight excluding hydrogens is 381 g/mol. The number of carbonyl (C=O) groups excluding carboxylic acids is 1. The number of aromatic amines is 1. The minimum Gasteiger partial charge on any atom is -0.332 e. The van der Waals surface area contributed by atoms with Gasteiger partial charge in [0.15, 0.2) is 0 Å². The number of rotatable bonds is 3. The van der Waals surface area contributed by atoms with Crippen molar-refractivity contribution in [1.82, 2.24) is 24.9 Å². The zero-order valence-electron chi connectivity index (χ0n) is 16.4. The lowest BCUT2D eigenvalue weighted by Gasteiger charge is -2.34. The van der Waals surface area contributed by atoms with Crippen LogP contribution >= 0.6 is 0 Å². The molecule has 30 heavy (non-hydrogen) atoms. The number of nitrogens with one attached hydrogen (secondary N) is 1. The van der Waals surface area contributed by atoms with Gasteiger partial charge in [-0.25, -0.2) is 4.39 Å². The van der Waals surface area contributed by atoms with Gasteiger partial charge in [-0.05, 0) is 47.0 Å². The van der Waals surface area contributed by atoms with Crippen LogP contribution in [0.25, 0.3) is 11.3 Å². The van der Waals surface area contributed by atoms with Crippen LogP contribution in [0.5, 0.6) is 0 Å². The lowest BCUT2D eigenvalue weighted by molar-refractivity contribution is 0.0719. The van der Waals surface area contributed by atoms with E-state index in [1.165, 1.54) is 17.7 Å². The molecule has 0 saturated heterocycles. The third-order valence-corrected chi connectivity index (χ3v) is 5.56. The van der Waals surface area contributed by atoms with E-state index < -0.39 is 0 Å². The molecule has 150 valence electrons. The highest BCUT2D eigenvalue weighted by molar-refractivity contribution is 5.93. The minimum atomic E-state index is -0.306. The normalized spacial score (nSPS) is 15.8. The van der Waals surface area contributed by atoms with Gasteiger partial charge < -0.3 is 4.90 Å². The Balaban J connectivity index is 1.44. The molecular formula is C23H20FN5O. The van der Waals surface area contributed by atoms with E-state index in [9.17, 15) is 9.18 Å². The molecule has 0 saturated carbocycles. The minimum absolute atomic E-state index is 0.0621. The number of hydrogen-bond acceptors (Lipinski definition) is 3. The number of fused-ring (bicyclic) bond motifs is 1. The summed E-state index contributed by atoms with van der Waals surface area (Å²) in [5.41, 5.74) is 5.22. The van der Waals surface area contributed by atoms with E-state index in [1.807, 2.05) is 36.5 Å². The number of halogens is 1. The lowest BCUT2D eigenvalue weighted by atomic mass is 9.86. The third kappa shape index (κ3) is 3.28. The average molecular weight is 401 g/mol. The first-order valence-electron chi connectivity index (χ1n) is 9.75. The average Bonchev–Trinajstić information content (AvgIpc) is 3.42. The van der Waals surface area contributed by atoms with Crippen LogP contribution < -0.4 is 0 Å². The number of benzene rings is 2. The van der Waals surface area contributed by atoms with E-state index in [1.54, 1.807) is 22.9 Å². The summed E-state index contributed by atoms with van der Waals surface area (Å²) in [5, 5.41) is 11.4. The molecule has 1 atom stereocenters. The summed E-state index contributed by atoms with van der Waals surface area (Å²) in [7, 11) is 1.89. The van der Waals surface area contributed by atoms with E-state index in [-0.39, 0.29) is 17.6 Å². The second-order valence-corrected chi connectivity index (χ2v) is 7.56. The fraction of sp³-hybridized carbons (Fsp3) is 0.174. The van der Waals surface area contributed by atoms with E-state index in [2.05, 4.69) is 27.4 Å². The summed E-state index contributed by atoms with van der Waals surface area (Å²) in [4.78, 5) is 15.1. The van der Waals surface area contributed by atoms with Crippen molar-refractivity contribution in [2.45, 2.75) is 12.5 Å². The Bertz CT molecular complexity index is 1210. The Labute approximate surface area is 173 Å². The Morgan fingerprint density at radius 2 is 1.97 bits per heavy atom. The highest BCUT2D eigenvalue weighted by Gasteiger charge is 2.31. The van der Waals surface area contributed by atoms with Crippen LogP contribution in [-0.4, -0.2) is 37.3 Å². The molecule has 0 aliphatic carbocycles. The molecule has 1 N–H and O–H groups in total. The van der Waals surface area contributed by atoms with Crippen molar-refractivity contribution in [3.05, 3.63) is 95.2 Å². The summed E-state index contributed by atoms with van der Waals surface area (Å²) >= 11 is 0. The van der Waals surface area contributed by atoms with Crippen LogP contribution in [0, 0.1) is 5.82 Å². The molecule has 2 aromatic carbocycles. The van der Waals surface area contributed by atoms with E-state index in [4.69, 9.17) is 0 Å². The summed E-state index contributed by atoms with van der Waals surface area (Å²) < 4.78 is 15.0. The third-order valence-electron chi connectivity index (χ3n) is 5.56. The Hall–Kier alpha value is -3.74. The van der Waals surface area contributed by atoms with E-state index in [0.29, 0.717) is 24.5 Å². The van der Waals surface area contributed by atoms with Crippen LogP contribution in [0.2, 0.25) is 0 Å². The van der Waals surface area contributed by atoms with E-state index in [0.717, 1.165) is 16.7 Å². The van der Waals surface area contributed by atoms with Gasteiger partial charge in [0.25, 0.3) is 5.91 Å². The van der Waals surface area contributed by atoms with Gasteiger partial charge >= 0.3 is 0 Å². The maximum Gasteiger partial charge on any atom is 0.272 e. The summed E-state index contributed by atoms with van der Waals surface area (Å²) in [5.74, 6) is -0.356. The van der Waals surface area contributed by atoms with Gasteiger partial charge in [-0.15, -0.1) is 0 Å². The quantitative estimate of drug-likeness (QED) is 0.569. The fourth-order valence-electron chi connectivity index (χ4n) is 4.04. The van der Waals surface area contributed by atoms with Crippen LogP contribution in [0.15, 0.2) is 67.0 Å².